The maximum atomic E-state index is 13.1. The number of carbonyl (C=O) groups is 1. The molecule has 0 spiro atoms. The first-order valence-electron chi connectivity index (χ1n) is 12.8. The minimum atomic E-state index is -1.24. The van der Waals surface area contributed by atoms with Gasteiger partial charge in [-0.3, -0.25) is 14.8 Å². The number of aromatic nitrogens is 2. The minimum absolute atomic E-state index is 0.0685. The van der Waals surface area contributed by atoms with E-state index in [4.69, 9.17) is 0 Å². The zero-order valence-electron chi connectivity index (χ0n) is 21.9. The topological polar surface area (TPSA) is 69.6 Å². The molecule has 3 aromatic rings. The molecule has 2 atom stereocenters. The lowest BCUT2D eigenvalue weighted by Crippen LogP contribution is -2.63. The molecule has 1 aromatic carbocycles. The summed E-state index contributed by atoms with van der Waals surface area (Å²) < 4.78 is 0. The molecule has 188 valence electrons. The number of hydrogen-bond acceptors (Lipinski definition) is 5. The van der Waals surface area contributed by atoms with Crippen LogP contribution in [0.25, 0.3) is 0 Å². The molecule has 5 rings (SSSR count). The van der Waals surface area contributed by atoms with Crippen LogP contribution >= 0.6 is 0 Å². The van der Waals surface area contributed by atoms with Crippen LogP contribution in [0.5, 0.6) is 0 Å². The van der Waals surface area contributed by atoms with E-state index < -0.39 is 5.60 Å². The highest BCUT2D eigenvalue weighted by atomic mass is 16.3. The van der Waals surface area contributed by atoms with E-state index in [-0.39, 0.29) is 17.2 Å². The van der Waals surface area contributed by atoms with Gasteiger partial charge in [-0.1, -0.05) is 51.1 Å². The van der Waals surface area contributed by atoms with Crippen LogP contribution in [-0.2, 0) is 10.4 Å². The van der Waals surface area contributed by atoms with Gasteiger partial charge in [-0.2, -0.15) is 0 Å². The number of benzene rings is 1. The summed E-state index contributed by atoms with van der Waals surface area (Å²) in [5, 5.41) is 12.5. The second kappa shape index (κ2) is 9.09. The number of likely N-dealkylation sites (tertiary alicyclic amines) is 1. The summed E-state index contributed by atoms with van der Waals surface area (Å²) in [5.41, 5.74) is 3.98. The second-order valence-corrected chi connectivity index (χ2v) is 11.3. The Morgan fingerprint density at radius 1 is 1.06 bits per heavy atom. The van der Waals surface area contributed by atoms with Crippen molar-refractivity contribution in [3.8, 4) is 0 Å². The molecule has 0 radical (unpaired) electrons. The molecule has 2 aromatic heterocycles. The number of pyridine rings is 2. The number of amides is 1. The highest BCUT2D eigenvalue weighted by Gasteiger charge is 2.55. The molecule has 2 saturated heterocycles. The lowest BCUT2D eigenvalue weighted by atomic mass is 9.62. The lowest BCUT2D eigenvalue weighted by molar-refractivity contribution is -0.127. The van der Waals surface area contributed by atoms with Crippen molar-refractivity contribution >= 4 is 11.6 Å². The molecule has 2 fully saturated rings. The van der Waals surface area contributed by atoms with Crippen molar-refractivity contribution < 1.29 is 9.90 Å². The van der Waals surface area contributed by atoms with E-state index in [1.807, 2.05) is 37.4 Å². The van der Waals surface area contributed by atoms with Crippen LogP contribution in [0.2, 0.25) is 0 Å². The Labute approximate surface area is 214 Å². The van der Waals surface area contributed by atoms with Gasteiger partial charge in [0, 0.05) is 61.0 Å². The van der Waals surface area contributed by atoms with Gasteiger partial charge in [0.1, 0.15) is 5.60 Å². The summed E-state index contributed by atoms with van der Waals surface area (Å²) in [6.07, 6.45) is 5.80. The monoisotopic (exact) mass is 484 g/mol. The van der Waals surface area contributed by atoms with E-state index in [2.05, 4.69) is 60.9 Å². The molecule has 6 heteroatoms. The van der Waals surface area contributed by atoms with E-state index in [0.29, 0.717) is 18.9 Å². The van der Waals surface area contributed by atoms with Gasteiger partial charge in [0.15, 0.2) is 0 Å². The average molecular weight is 485 g/mol. The zero-order chi connectivity index (χ0) is 25.7. The molecule has 2 aliphatic heterocycles. The first-order chi connectivity index (χ1) is 17.1. The molecule has 2 aliphatic rings. The van der Waals surface area contributed by atoms with Gasteiger partial charge < -0.3 is 14.9 Å². The highest BCUT2D eigenvalue weighted by molar-refractivity contribution is 5.96. The number of anilines is 1. The summed E-state index contributed by atoms with van der Waals surface area (Å²) in [5.74, 6) is 0.578. The number of aryl methyl sites for hydroxylation is 1. The summed E-state index contributed by atoms with van der Waals surface area (Å²) in [7, 11) is 2.07. The predicted molar refractivity (Wildman–Crippen MR) is 142 cm³/mol. The fourth-order valence-corrected chi connectivity index (χ4v) is 6.02. The molecule has 1 N–H and O–H groups in total. The molecule has 0 saturated carbocycles. The molecule has 6 nitrogen and oxygen atoms in total. The molecule has 1 amide bonds. The normalized spacial score (nSPS) is 21.5. The predicted octanol–water partition coefficient (Wildman–Crippen LogP) is 4.62. The van der Waals surface area contributed by atoms with Crippen molar-refractivity contribution in [2.24, 2.45) is 5.41 Å². The van der Waals surface area contributed by atoms with Crippen LogP contribution in [0.3, 0.4) is 0 Å². The Hall–Kier alpha value is -3.09. The number of aliphatic hydroxyl groups is 1. The number of nitrogens with zero attached hydrogens (tertiary/aromatic N) is 4. The van der Waals surface area contributed by atoms with Crippen LogP contribution in [0.1, 0.15) is 67.0 Å². The third-order valence-electron chi connectivity index (χ3n) is 8.09. The Balaban J connectivity index is 1.51. The van der Waals surface area contributed by atoms with Crippen molar-refractivity contribution in [2.75, 3.05) is 31.6 Å². The van der Waals surface area contributed by atoms with Crippen molar-refractivity contribution in [1.82, 2.24) is 14.9 Å². The van der Waals surface area contributed by atoms with E-state index in [0.717, 1.165) is 41.2 Å². The summed E-state index contributed by atoms with van der Waals surface area (Å²) in [6, 6.07) is 14.3. The summed E-state index contributed by atoms with van der Waals surface area (Å²) in [6.45, 7) is 10.6. The maximum Gasteiger partial charge on any atom is 0.227 e. The maximum absolute atomic E-state index is 13.1. The first-order valence-corrected chi connectivity index (χ1v) is 12.8. The van der Waals surface area contributed by atoms with Crippen molar-refractivity contribution in [3.05, 3.63) is 89.0 Å². The highest BCUT2D eigenvalue weighted by Crippen LogP contribution is 2.50. The average Bonchev–Trinajstić information content (AvgIpc) is 3.24. The van der Waals surface area contributed by atoms with Crippen molar-refractivity contribution in [2.45, 2.75) is 51.6 Å². The molecule has 0 aliphatic carbocycles. The van der Waals surface area contributed by atoms with Gasteiger partial charge in [-0.25, -0.2) is 0 Å². The van der Waals surface area contributed by atoms with E-state index in [1.54, 1.807) is 17.3 Å². The number of hydrogen-bond donors (Lipinski definition) is 1. The van der Waals surface area contributed by atoms with Crippen molar-refractivity contribution in [1.29, 1.82) is 0 Å². The third-order valence-corrected chi connectivity index (χ3v) is 8.09. The van der Waals surface area contributed by atoms with Crippen molar-refractivity contribution in [3.63, 3.8) is 0 Å². The lowest BCUT2D eigenvalue weighted by Gasteiger charge is -2.56. The van der Waals surface area contributed by atoms with Crippen LogP contribution in [0, 0.1) is 12.3 Å². The van der Waals surface area contributed by atoms with Gasteiger partial charge in [0.2, 0.25) is 5.91 Å². The molecule has 2 unspecified atom stereocenters. The Kier molecular flexibility index (Phi) is 6.21. The fraction of sp³-hybridized carbons (Fsp3) is 0.433. The molecule has 4 heterocycles. The SMILES string of the molecule is Cc1ccc(C2CC(=O)N(c3cncc(C(O)(c4ccc(C(C)C)cc4)C4(C)CN(C)C4)c3)C2)cn1. The van der Waals surface area contributed by atoms with Crippen LogP contribution in [-0.4, -0.2) is 52.6 Å². The minimum Gasteiger partial charge on any atom is -0.380 e. The Morgan fingerprint density at radius 3 is 2.39 bits per heavy atom. The number of carbonyl (C=O) groups excluding carboxylic acids is 1. The van der Waals surface area contributed by atoms with Gasteiger partial charge in [0.05, 0.1) is 11.9 Å². The van der Waals surface area contributed by atoms with Gasteiger partial charge in [-0.05, 0) is 48.7 Å². The molecular formula is C30H36N4O2. The van der Waals surface area contributed by atoms with E-state index in [9.17, 15) is 9.90 Å². The zero-order valence-corrected chi connectivity index (χ0v) is 21.9. The standard InChI is InChI=1S/C30H36N4O2/c1-20(2)22-8-10-25(11-9-22)30(36,29(4)18-33(5)19-29)26-13-27(16-31-15-26)34-17-24(12-28(34)35)23-7-6-21(3)32-14-23/h6-11,13-16,20,24,36H,12,17-19H2,1-5H3. The second-order valence-electron chi connectivity index (χ2n) is 11.3. The number of rotatable bonds is 6. The third kappa shape index (κ3) is 4.12. The molecular weight excluding hydrogens is 448 g/mol. The molecule has 36 heavy (non-hydrogen) atoms. The van der Waals surface area contributed by atoms with Gasteiger partial charge in [-0.15, -0.1) is 0 Å². The Bertz CT molecular complexity index is 1250. The van der Waals surface area contributed by atoms with Gasteiger partial charge in [0.25, 0.3) is 0 Å². The Morgan fingerprint density at radius 2 is 1.78 bits per heavy atom. The quantitative estimate of drug-likeness (QED) is 0.553. The van der Waals surface area contributed by atoms with Crippen LogP contribution in [0.4, 0.5) is 5.69 Å². The van der Waals surface area contributed by atoms with Crippen LogP contribution in [0.15, 0.2) is 61.1 Å². The first kappa shape index (κ1) is 24.6. The molecule has 0 bridgehead atoms. The summed E-state index contributed by atoms with van der Waals surface area (Å²) >= 11 is 0. The van der Waals surface area contributed by atoms with Gasteiger partial charge >= 0.3 is 0 Å². The van der Waals surface area contributed by atoms with E-state index in [1.165, 1.54) is 5.56 Å². The largest absolute Gasteiger partial charge is 0.380 e. The van der Waals surface area contributed by atoms with Crippen LogP contribution < -0.4 is 4.90 Å². The smallest absolute Gasteiger partial charge is 0.227 e. The fourth-order valence-electron chi connectivity index (χ4n) is 6.02. The van der Waals surface area contributed by atoms with E-state index >= 15 is 0 Å². The summed E-state index contributed by atoms with van der Waals surface area (Å²) in [4.78, 5) is 26.0.